The minimum absolute atomic E-state index is 0.0408. The van der Waals surface area contributed by atoms with Crippen molar-refractivity contribution in [2.24, 2.45) is 0 Å². The van der Waals surface area contributed by atoms with E-state index in [-0.39, 0.29) is 11.3 Å². The summed E-state index contributed by atoms with van der Waals surface area (Å²) in [5, 5.41) is 0. The van der Waals surface area contributed by atoms with Crippen molar-refractivity contribution in [2.45, 2.75) is 24.7 Å². The van der Waals surface area contributed by atoms with Crippen LogP contribution in [0.4, 0.5) is 5.69 Å². The maximum Gasteiger partial charge on any atom is 0.264 e. The van der Waals surface area contributed by atoms with E-state index < -0.39 is 15.9 Å². The number of hydrogen-bond acceptors (Lipinski definition) is 5. The van der Waals surface area contributed by atoms with E-state index in [1.165, 1.54) is 12.3 Å². The fraction of sp³-hybridized carbons (Fsp3) is 0.312. The third kappa shape index (κ3) is 4.35. The first-order valence-electron chi connectivity index (χ1n) is 7.15. The van der Waals surface area contributed by atoms with E-state index in [2.05, 4.69) is 4.72 Å². The second kappa shape index (κ2) is 6.87. The minimum atomic E-state index is -3.88. The molecule has 2 rings (SSSR count). The van der Waals surface area contributed by atoms with Gasteiger partial charge in [-0.25, -0.2) is 13.1 Å². The molecule has 0 aliphatic heterocycles. The molecular formula is C16H20N2O4S. The molecule has 6 nitrogen and oxygen atoms in total. The van der Waals surface area contributed by atoms with E-state index in [1.807, 2.05) is 25.9 Å². The number of aryl methyl sites for hydroxylation is 2. The zero-order valence-corrected chi connectivity index (χ0v) is 14.2. The third-order valence-corrected chi connectivity index (χ3v) is 4.77. The summed E-state index contributed by atoms with van der Waals surface area (Å²) >= 11 is 0. The van der Waals surface area contributed by atoms with Crippen molar-refractivity contribution in [1.29, 1.82) is 0 Å². The summed E-state index contributed by atoms with van der Waals surface area (Å²) in [6, 6.07) is 8.23. The Kier molecular flexibility index (Phi) is 5.10. The Balaban J connectivity index is 2.09. The van der Waals surface area contributed by atoms with Crippen molar-refractivity contribution in [3.8, 4) is 0 Å². The van der Waals surface area contributed by atoms with Gasteiger partial charge in [0.15, 0.2) is 0 Å². The van der Waals surface area contributed by atoms with Crippen LogP contribution in [0.2, 0.25) is 0 Å². The number of hydrogen-bond donors (Lipinski definition) is 1. The van der Waals surface area contributed by atoms with Gasteiger partial charge in [-0.15, -0.1) is 0 Å². The van der Waals surface area contributed by atoms with Crippen LogP contribution >= 0.6 is 0 Å². The van der Waals surface area contributed by atoms with Crippen LogP contribution < -0.4 is 9.62 Å². The number of nitrogens with one attached hydrogen (secondary N) is 1. The van der Waals surface area contributed by atoms with Crippen molar-refractivity contribution in [2.75, 3.05) is 19.0 Å². The first-order valence-corrected chi connectivity index (χ1v) is 8.64. The monoisotopic (exact) mass is 336 g/mol. The average Bonchev–Trinajstić information content (AvgIpc) is 2.98. The molecule has 0 aliphatic rings. The van der Waals surface area contributed by atoms with Crippen LogP contribution in [0.5, 0.6) is 0 Å². The number of rotatable bonds is 6. The Morgan fingerprint density at radius 1 is 1.26 bits per heavy atom. The van der Waals surface area contributed by atoms with Gasteiger partial charge >= 0.3 is 0 Å². The number of nitrogens with zero attached hydrogens (tertiary/aromatic N) is 1. The molecule has 1 heterocycles. The van der Waals surface area contributed by atoms with Crippen LogP contribution in [0.1, 0.15) is 17.7 Å². The van der Waals surface area contributed by atoms with Gasteiger partial charge < -0.3 is 9.32 Å². The van der Waals surface area contributed by atoms with E-state index in [9.17, 15) is 13.2 Å². The van der Waals surface area contributed by atoms with Crippen LogP contribution in [0.15, 0.2) is 45.9 Å². The molecule has 0 bridgehead atoms. The Labute approximate surface area is 136 Å². The van der Waals surface area contributed by atoms with Gasteiger partial charge in [0.25, 0.3) is 10.0 Å². The fourth-order valence-corrected chi connectivity index (χ4v) is 3.22. The molecule has 0 atom stereocenters. The molecule has 7 heteroatoms. The van der Waals surface area contributed by atoms with E-state index in [0.29, 0.717) is 12.2 Å². The smallest absolute Gasteiger partial charge is 0.264 e. The predicted molar refractivity (Wildman–Crippen MR) is 87.9 cm³/mol. The van der Waals surface area contributed by atoms with E-state index in [0.717, 1.165) is 11.3 Å². The lowest BCUT2D eigenvalue weighted by Crippen LogP contribution is -2.30. The molecule has 23 heavy (non-hydrogen) atoms. The number of benzene rings is 1. The van der Waals surface area contributed by atoms with E-state index >= 15 is 0 Å². The molecule has 0 saturated carbocycles. The highest BCUT2D eigenvalue weighted by atomic mass is 32.2. The number of sulfonamides is 1. The molecule has 1 aromatic heterocycles. The third-order valence-electron chi connectivity index (χ3n) is 3.40. The summed E-state index contributed by atoms with van der Waals surface area (Å²) < 4.78 is 31.8. The summed E-state index contributed by atoms with van der Waals surface area (Å²) in [5.74, 6) is 0.0798. The maximum atomic E-state index is 12.3. The number of anilines is 1. The molecule has 0 saturated heterocycles. The van der Waals surface area contributed by atoms with Gasteiger partial charge in [0, 0.05) is 32.6 Å². The first kappa shape index (κ1) is 17.1. The Morgan fingerprint density at radius 2 is 2.00 bits per heavy atom. The Bertz CT molecular complexity index is 780. The van der Waals surface area contributed by atoms with Gasteiger partial charge in [-0.3, -0.25) is 4.79 Å². The summed E-state index contributed by atoms with van der Waals surface area (Å²) in [4.78, 5) is 13.8. The van der Waals surface area contributed by atoms with Gasteiger partial charge in [-0.2, -0.15) is 0 Å². The number of carbonyl (C=O) groups excluding carboxylic acids is 1. The molecule has 124 valence electrons. The predicted octanol–water partition coefficient (Wildman–Crippen LogP) is 2.09. The summed E-state index contributed by atoms with van der Waals surface area (Å²) in [5.41, 5.74) is 1.74. The number of carbonyl (C=O) groups is 1. The van der Waals surface area contributed by atoms with Gasteiger partial charge in [0.2, 0.25) is 5.91 Å². The molecule has 1 N–H and O–H groups in total. The second-order valence-corrected chi connectivity index (χ2v) is 7.13. The molecule has 0 aliphatic carbocycles. The summed E-state index contributed by atoms with van der Waals surface area (Å²) in [7, 11) is -0.212. The van der Waals surface area contributed by atoms with Crippen molar-refractivity contribution in [3.63, 3.8) is 0 Å². The molecule has 0 unspecified atom stereocenters. The topological polar surface area (TPSA) is 79.6 Å². The van der Waals surface area contributed by atoms with Crippen LogP contribution in [-0.2, 0) is 21.2 Å². The van der Waals surface area contributed by atoms with Gasteiger partial charge in [-0.1, -0.05) is 6.07 Å². The molecule has 1 aromatic carbocycles. The number of amides is 1. The minimum Gasteiger partial charge on any atom is -0.469 e. The van der Waals surface area contributed by atoms with Crippen LogP contribution in [0.3, 0.4) is 0 Å². The van der Waals surface area contributed by atoms with Crippen molar-refractivity contribution < 1.29 is 17.6 Å². The maximum absolute atomic E-state index is 12.3. The second-order valence-electron chi connectivity index (χ2n) is 5.45. The van der Waals surface area contributed by atoms with E-state index in [4.69, 9.17) is 4.42 Å². The lowest BCUT2D eigenvalue weighted by atomic mass is 10.2. The molecule has 0 fully saturated rings. The lowest BCUT2D eigenvalue weighted by Gasteiger charge is -2.17. The average molecular weight is 336 g/mol. The fourth-order valence-electron chi connectivity index (χ4n) is 2.19. The highest BCUT2D eigenvalue weighted by Gasteiger charge is 2.19. The Hall–Kier alpha value is -2.28. The molecule has 1 amide bonds. The molecule has 0 spiro atoms. The highest BCUT2D eigenvalue weighted by Crippen LogP contribution is 2.22. The summed E-state index contributed by atoms with van der Waals surface area (Å²) in [6.07, 6.45) is 1.91. The first-order chi connectivity index (χ1) is 10.8. The lowest BCUT2D eigenvalue weighted by molar-refractivity contribution is -0.119. The van der Waals surface area contributed by atoms with Crippen LogP contribution in [0.25, 0.3) is 0 Å². The Morgan fingerprint density at radius 3 is 2.61 bits per heavy atom. The zero-order valence-electron chi connectivity index (χ0n) is 13.4. The zero-order chi connectivity index (χ0) is 17.0. The SMILES string of the molecule is Cc1ccc(S(=O)(=O)NC(=O)CCc2ccco2)cc1N(C)C. The number of furan rings is 1. The quantitative estimate of drug-likeness (QED) is 0.874. The van der Waals surface area contributed by atoms with Crippen molar-refractivity contribution in [1.82, 2.24) is 4.72 Å². The van der Waals surface area contributed by atoms with Crippen LogP contribution in [-0.4, -0.2) is 28.4 Å². The van der Waals surface area contributed by atoms with Crippen molar-refractivity contribution in [3.05, 3.63) is 47.9 Å². The normalized spacial score (nSPS) is 11.3. The van der Waals surface area contributed by atoms with E-state index in [1.54, 1.807) is 24.3 Å². The van der Waals surface area contributed by atoms with Gasteiger partial charge in [-0.05, 0) is 36.8 Å². The summed E-state index contributed by atoms with van der Waals surface area (Å²) in [6.45, 7) is 1.90. The molecule has 2 aromatic rings. The van der Waals surface area contributed by atoms with Gasteiger partial charge in [0.05, 0.1) is 11.2 Å². The van der Waals surface area contributed by atoms with Crippen LogP contribution in [0, 0.1) is 6.92 Å². The van der Waals surface area contributed by atoms with Gasteiger partial charge in [0.1, 0.15) is 5.76 Å². The molecule has 0 radical (unpaired) electrons. The highest BCUT2D eigenvalue weighted by molar-refractivity contribution is 7.90. The largest absolute Gasteiger partial charge is 0.469 e. The standard InChI is InChI=1S/C16H20N2O4S/c1-12-6-8-14(11-15(12)18(2)3)23(20,21)17-16(19)9-7-13-5-4-10-22-13/h4-6,8,10-11H,7,9H2,1-3H3,(H,17,19). The van der Waals surface area contributed by atoms with Crippen molar-refractivity contribution >= 4 is 21.6 Å². The molecular weight excluding hydrogens is 316 g/mol.